The summed E-state index contributed by atoms with van der Waals surface area (Å²) in [6.07, 6.45) is 0. The number of aromatic nitrogens is 3. The van der Waals surface area contributed by atoms with Gasteiger partial charge in [-0.1, -0.05) is 176 Å². The van der Waals surface area contributed by atoms with E-state index < -0.39 is 5.41 Å². The molecule has 11 rings (SSSR count). The summed E-state index contributed by atoms with van der Waals surface area (Å²) in [5.41, 5.74) is 14.6. The van der Waals surface area contributed by atoms with E-state index in [1.165, 1.54) is 43.2 Å². The van der Waals surface area contributed by atoms with E-state index in [-0.39, 0.29) is 0 Å². The second-order valence-electron chi connectivity index (χ2n) is 14.6. The second-order valence-corrected chi connectivity index (χ2v) is 15.7. The molecular weight excluding hydrogens is 725 g/mol. The molecule has 1 aromatic heterocycles. The van der Waals surface area contributed by atoms with Crippen molar-refractivity contribution in [2.24, 2.45) is 0 Å². The van der Waals surface area contributed by atoms with E-state index in [4.69, 9.17) is 15.0 Å². The van der Waals surface area contributed by atoms with E-state index in [2.05, 4.69) is 121 Å². The summed E-state index contributed by atoms with van der Waals surface area (Å²) < 4.78 is 0. The van der Waals surface area contributed by atoms with E-state index >= 15 is 0 Å². The minimum absolute atomic E-state index is 0.566. The Morgan fingerprint density at radius 1 is 0.362 bits per heavy atom. The van der Waals surface area contributed by atoms with E-state index in [1.807, 2.05) is 90.6 Å². The molecule has 9 aromatic rings. The molecule has 58 heavy (non-hydrogen) atoms. The van der Waals surface area contributed by atoms with Crippen LogP contribution in [-0.4, -0.2) is 15.0 Å². The Bertz CT molecular complexity index is 2990. The first-order chi connectivity index (χ1) is 28.7. The number of fused-ring (bicyclic) bond motifs is 9. The predicted molar refractivity (Wildman–Crippen MR) is 233 cm³/mol. The van der Waals surface area contributed by atoms with Crippen molar-refractivity contribution in [2.45, 2.75) is 15.2 Å². The highest BCUT2D eigenvalue weighted by Gasteiger charge is 2.50. The molecule has 4 nitrogen and oxygen atoms in total. The van der Waals surface area contributed by atoms with Gasteiger partial charge >= 0.3 is 0 Å². The van der Waals surface area contributed by atoms with Crippen molar-refractivity contribution in [3.8, 4) is 73.6 Å². The van der Waals surface area contributed by atoms with Gasteiger partial charge in [-0.15, -0.1) is 0 Å². The van der Waals surface area contributed by atoms with Crippen LogP contribution in [-0.2, 0) is 5.41 Å². The smallest absolute Gasteiger partial charge is 0.164 e. The molecule has 0 saturated heterocycles. The Balaban J connectivity index is 1.07. The zero-order valence-electron chi connectivity index (χ0n) is 31.2. The number of hydrogen-bond acceptors (Lipinski definition) is 5. The summed E-state index contributed by atoms with van der Waals surface area (Å²) in [5, 5.41) is 10.1. The third-order valence-corrected chi connectivity index (χ3v) is 12.6. The maximum absolute atomic E-state index is 10.1. The molecule has 0 saturated carbocycles. The highest BCUT2D eigenvalue weighted by Crippen LogP contribution is 2.63. The molecule has 5 heteroatoms. The number of nitriles is 1. The van der Waals surface area contributed by atoms with Gasteiger partial charge < -0.3 is 0 Å². The van der Waals surface area contributed by atoms with Gasteiger partial charge in [-0.05, 0) is 86.0 Å². The molecule has 2 heterocycles. The maximum atomic E-state index is 10.1. The van der Waals surface area contributed by atoms with Crippen molar-refractivity contribution in [1.82, 2.24) is 15.0 Å². The van der Waals surface area contributed by atoms with E-state index in [0.717, 1.165) is 38.9 Å². The van der Waals surface area contributed by atoms with Crippen LogP contribution in [0.4, 0.5) is 0 Å². The van der Waals surface area contributed by atoms with Gasteiger partial charge in [-0.3, -0.25) is 0 Å². The third kappa shape index (κ3) is 5.34. The average Bonchev–Trinajstić information content (AvgIpc) is 3.58. The average molecular weight is 757 g/mol. The van der Waals surface area contributed by atoms with Crippen LogP contribution in [0.5, 0.6) is 0 Å². The summed E-state index contributed by atoms with van der Waals surface area (Å²) in [7, 11) is 0. The molecule has 0 amide bonds. The quantitative estimate of drug-likeness (QED) is 0.175. The molecule has 8 aromatic carbocycles. The fraction of sp³-hybridized carbons (Fsp3) is 0.0189. The van der Waals surface area contributed by atoms with Crippen molar-refractivity contribution in [2.75, 3.05) is 0 Å². The lowest BCUT2D eigenvalue weighted by Crippen LogP contribution is -2.32. The second kappa shape index (κ2) is 13.7. The van der Waals surface area contributed by atoms with Crippen molar-refractivity contribution in [3.63, 3.8) is 0 Å². The molecule has 0 N–H and O–H groups in total. The lowest BCUT2D eigenvalue weighted by atomic mass is 9.66. The molecule has 0 bridgehead atoms. The zero-order valence-corrected chi connectivity index (χ0v) is 32.0. The zero-order chi connectivity index (χ0) is 38.6. The van der Waals surface area contributed by atoms with Gasteiger partial charge in [0.05, 0.1) is 17.0 Å². The largest absolute Gasteiger partial charge is 0.208 e. The first-order valence-corrected chi connectivity index (χ1v) is 20.1. The van der Waals surface area contributed by atoms with Gasteiger partial charge in [0.2, 0.25) is 0 Å². The number of rotatable bonds is 5. The molecule has 0 unspecified atom stereocenters. The molecule has 1 spiro atoms. The molecule has 1 aliphatic heterocycles. The summed E-state index contributed by atoms with van der Waals surface area (Å²) in [6.45, 7) is 0. The van der Waals surface area contributed by atoms with E-state index in [9.17, 15) is 5.26 Å². The van der Waals surface area contributed by atoms with Crippen LogP contribution in [0, 0.1) is 11.3 Å². The Hall–Kier alpha value is -7.39. The standard InChI is InChI=1S/C53H32N4S/c54-33-40-17-7-8-18-41(40)39-28-30-43-42-29-27-38(31-46(42)53(47(43)32-39)44-19-9-11-21-48(44)58-49-22-12-10-20-45(49)53)34-23-25-37(26-24-34)52-56-50(35-13-3-1-4-14-35)55-51(57-52)36-15-5-2-6-16-36/h1-32H. The number of hydrogen-bond donors (Lipinski definition) is 0. The molecule has 1 aliphatic carbocycles. The molecule has 0 fully saturated rings. The predicted octanol–water partition coefficient (Wildman–Crippen LogP) is 12.9. The van der Waals surface area contributed by atoms with Gasteiger partial charge in [0.15, 0.2) is 17.5 Å². The summed E-state index contributed by atoms with van der Waals surface area (Å²) in [5.74, 6) is 1.91. The molecule has 2 aliphatic rings. The molecule has 270 valence electrons. The van der Waals surface area contributed by atoms with Gasteiger partial charge in [0, 0.05) is 26.5 Å². The van der Waals surface area contributed by atoms with Gasteiger partial charge in [-0.2, -0.15) is 5.26 Å². The van der Waals surface area contributed by atoms with Gasteiger partial charge in [-0.25, -0.2) is 15.0 Å². The van der Waals surface area contributed by atoms with E-state index in [0.29, 0.717) is 23.0 Å². The highest BCUT2D eigenvalue weighted by atomic mass is 32.2. The van der Waals surface area contributed by atoms with Gasteiger partial charge in [0.25, 0.3) is 0 Å². The van der Waals surface area contributed by atoms with Crippen LogP contribution in [0.25, 0.3) is 67.5 Å². The topological polar surface area (TPSA) is 62.5 Å². The highest BCUT2D eigenvalue weighted by molar-refractivity contribution is 7.99. The normalized spacial score (nSPS) is 12.9. The fourth-order valence-electron chi connectivity index (χ4n) is 8.83. The van der Waals surface area contributed by atoms with Crippen LogP contribution in [0.15, 0.2) is 204 Å². The number of benzene rings is 8. The van der Waals surface area contributed by atoms with Crippen LogP contribution in [0.2, 0.25) is 0 Å². The summed E-state index contributed by atoms with van der Waals surface area (Å²) in [6, 6.07) is 70.5. The fourth-order valence-corrected chi connectivity index (χ4v) is 10.0. The third-order valence-electron chi connectivity index (χ3n) is 11.5. The van der Waals surface area contributed by atoms with Crippen LogP contribution < -0.4 is 0 Å². The molecule has 0 atom stereocenters. The number of nitrogens with zero attached hydrogens (tertiary/aromatic N) is 4. The first-order valence-electron chi connectivity index (χ1n) is 19.3. The minimum atomic E-state index is -0.566. The Morgan fingerprint density at radius 2 is 0.793 bits per heavy atom. The maximum Gasteiger partial charge on any atom is 0.164 e. The van der Waals surface area contributed by atoms with Crippen LogP contribution >= 0.6 is 11.8 Å². The van der Waals surface area contributed by atoms with Crippen molar-refractivity contribution in [1.29, 1.82) is 5.26 Å². The molecular formula is C53H32N4S. The van der Waals surface area contributed by atoms with Crippen molar-refractivity contribution >= 4 is 11.8 Å². The Morgan fingerprint density at radius 3 is 1.36 bits per heavy atom. The minimum Gasteiger partial charge on any atom is -0.208 e. The lowest BCUT2D eigenvalue weighted by molar-refractivity contribution is 0.723. The van der Waals surface area contributed by atoms with Crippen LogP contribution in [0.3, 0.4) is 0 Å². The van der Waals surface area contributed by atoms with Crippen molar-refractivity contribution in [3.05, 3.63) is 222 Å². The Labute approximate surface area is 341 Å². The van der Waals surface area contributed by atoms with E-state index in [1.54, 1.807) is 0 Å². The SMILES string of the molecule is N#Cc1ccccc1-c1ccc2c(c1)C1(c3ccccc3Sc3ccccc31)c1cc(-c3ccc(-c4nc(-c5ccccc5)nc(-c5ccccc5)n4)cc3)ccc1-2. The van der Waals surface area contributed by atoms with Crippen LogP contribution in [0.1, 0.15) is 27.8 Å². The summed E-state index contributed by atoms with van der Waals surface area (Å²) >= 11 is 1.84. The lowest BCUT2D eigenvalue weighted by Gasteiger charge is -2.40. The Kier molecular flexibility index (Phi) is 7.99. The van der Waals surface area contributed by atoms with Gasteiger partial charge in [0.1, 0.15) is 0 Å². The first kappa shape index (κ1) is 33.9. The van der Waals surface area contributed by atoms with Crippen molar-refractivity contribution < 1.29 is 0 Å². The monoisotopic (exact) mass is 756 g/mol. The summed E-state index contributed by atoms with van der Waals surface area (Å²) in [4.78, 5) is 17.3. The molecule has 0 radical (unpaired) electrons.